The van der Waals surface area contributed by atoms with Gasteiger partial charge in [0.2, 0.25) is 0 Å². The molecule has 0 radical (unpaired) electrons. The first-order valence-electron chi connectivity index (χ1n) is 4.36. The van der Waals surface area contributed by atoms with Crippen LogP contribution in [0.5, 0.6) is 0 Å². The Balaban J connectivity index is 2.96. The van der Waals surface area contributed by atoms with Gasteiger partial charge in [0, 0.05) is 11.3 Å². The molecule has 0 aliphatic carbocycles. The van der Waals surface area contributed by atoms with Crippen LogP contribution >= 0.6 is 0 Å². The summed E-state index contributed by atoms with van der Waals surface area (Å²) in [6, 6.07) is 7.59. The van der Waals surface area contributed by atoms with E-state index in [4.69, 9.17) is 16.2 Å². The fraction of sp³-hybridized carbons (Fsp3) is 0.182. The highest BCUT2D eigenvalue weighted by molar-refractivity contribution is 6.07. The summed E-state index contributed by atoms with van der Waals surface area (Å²) >= 11 is 0. The van der Waals surface area contributed by atoms with Gasteiger partial charge >= 0.3 is 0 Å². The zero-order valence-electron chi connectivity index (χ0n) is 8.12. The maximum Gasteiger partial charge on any atom is 0.0826 e. The van der Waals surface area contributed by atoms with Crippen LogP contribution in [0.4, 0.5) is 0 Å². The standard InChI is InChI=1S/C11H14N2O/c1-8-4-2-3-5-10(8)11(13)6-9(12)7-14/h2-6,13-14H,7,12H2,1H3. The highest BCUT2D eigenvalue weighted by Crippen LogP contribution is 2.08. The first-order chi connectivity index (χ1) is 6.65. The van der Waals surface area contributed by atoms with Gasteiger partial charge in [-0.25, -0.2) is 0 Å². The second-order valence-electron chi connectivity index (χ2n) is 3.11. The molecule has 0 fully saturated rings. The lowest BCUT2D eigenvalue weighted by atomic mass is 10.0. The normalized spacial score (nSPS) is 11.4. The molecule has 0 saturated carbocycles. The zero-order chi connectivity index (χ0) is 10.6. The van der Waals surface area contributed by atoms with Gasteiger partial charge in [0.25, 0.3) is 0 Å². The fourth-order valence-corrected chi connectivity index (χ4v) is 1.18. The summed E-state index contributed by atoms with van der Waals surface area (Å²) < 4.78 is 0. The molecule has 0 amide bonds. The summed E-state index contributed by atoms with van der Waals surface area (Å²) in [5, 5.41) is 16.4. The van der Waals surface area contributed by atoms with Gasteiger partial charge in [0.05, 0.1) is 12.3 Å². The van der Waals surface area contributed by atoms with Gasteiger partial charge in [-0.05, 0) is 18.6 Å². The zero-order valence-corrected chi connectivity index (χ0v) is 8.12. The Morgan fingerprint density at radius 2 is 2.14 bits per heavy atom. The largest absolute Gasteiger partial charge is 0.400 e. The topological polar surface area (TPSA) is 70.1 Å². The Kier molecular flexibility index (Phi) is 3.42. The van der Waals surface area contributed by atoms with E-state index < -0.39 is 0 Å². The van der Waals surface area contributed by atoms with E-state index in [1.807, 2.05) is 31.2 Å². The fourth-order valence-electron chi connectivity index (χ4n) is 1.18. The van der Waals surface area contributed by atoms with Gasteiger partial charge in [0.15, 0.2) is 0 Å². The van der Waals surface area contributed by atoms with E-state index in [0.29, 0.717) is 11.4 Å². The molecule has 3 heteroatoms. The molecule has 0 aliphatic rings. The maximum atomic E-state index is 8.71. The molecule has 14 heavy (non-hydrogen) atoms. The number of aryl methyl sites for hydroxylation is 1. The van der Waals surface area contributed by atoms with Crippen LogP contribution < -0.4 is 5.73 Å². The summed E-state index contributed by atoms with van der Waals surface area (Å²) in [4.78, 5) is 0. The minimum atomic E-state index is -0.214. The van der Waals surface area contributed by atoms with Crippen molar-refractivity contribution in [2.24, 2.45) is 5.73 Å². The predicted octanol–water partition coefficient (Wildman–Crippen LogP) is 1.20. The second kappa shape index (κ2) is 4.58. The molecule has 0 bridgehead atoms. The van der Waals surface area contributed by atoms with Crippen molar-refractivity contribution in [1.29, 1.82) is 5.41 Å². The molecule has 1 aromatic rings. The number of allylic oxidation sites excluding steroid dienone is 1. The van der Waals surface area contributed by atoms with Crippen molar-refractivity contribution in [2.45, 2.75) is 6.92 Å². The van der Waals surface area contributed by atoms with E-state index in [-0.39, 0.29) is 6.61 Å². The van der Waals surface area contributed by atoms with Crippen LogP contribution in [-0.4, -0.2) is 17.4 Å². The number of aliphatic hydroxyl groups is 1. The Hall–Kier alpha value is -1.61. The molecule has 0 saturated heterocycles. The molecule has 1 rings (SSSR count). The van der Waals surface area contributed by atoms with Crippen molar-refractivity contribution in [2.75, 3.05) is 6.61 Å². The summed E-state index contributed by atoms with van der Waals surface area (Å²) in [6.07, 6.45) is 1.47. The molecule has 0 unspecified atom stereocenters. The van der Waals surface area contributed by atoms with Gasteiger partial charge in [-0.1, -0.05) is 24.3 Å². The molecule has 0 atom stereocenters. The Labute approximate surface area is 83.4 Å². The van der Waals surface area contributed by atoms with Crippen LogP contribution in [0.25, 0.3) is 0 Å². The molecule has 0 aliphatic heterocycles. The SMILES string of the molecule is Cc1ccccc1C(=N)C=C(N)CO. The molecule has 1 aromatic carbocycles. The third kappa shape index (κ3) is 2.44. The van der Waals surface area contributed by atoms with Gasteiger partial charge in [-0.3, -0.25) is 0 Å². The third-order valence-electron chi connectivity index (χ3n) is 1.95. The number of hydrogen-bond acceptors (Lipinski definition) is 3. The summed E-state index contributed by atoms with van der Waals surface area (Å²) in [5.41, 5.74) is 7.93. The van der Waals surface area contributed by atoms with Crippen molar-refractivity contribution in [3.63, 3.8) is 0 Å². The predicted molar refractivity (Wildman–Crippen MR) is 57.4 cm³/mol. The van der Waals surface area contributed by atoms with E-state index >= 15 is 0 Å². The molecule has 0 heterocycles. The minimum absolute atomic E-state index is 0.214. The van der Waals surface area contributed by atoms with Crippen molar-refractivity contribution in [3.05, 3.63) is 47.2 Å². The second-order valence-corrected chi connectivity index (χ2v) is 3.11. The Morgan fingerprint density at radius 1 is 1.50 bits per heavy atom. The number of aliphatic hydroxyl groups excluding tert-OH is 1. The quantitative estimate of drug-likeness (QED) is 0.627. The van der Waals surface area contributed by atoms with Crippen LogP contribution in [0, 0.1) is 12.3 Å². The molecule has 4 N–H and O–H groups in total. The number of rotatable bonds is 3. The lowest BCUT2D eigenvalue weighted by Crippen LogP contribution is -2.07. The summed E-state index contributed by atoms with van der Waals surface area (Å²) in [7, 11) is 0. The van der Waals surface area contributed by atoms with Crippen LogP contribution in [0.3, 0.4) is 0 Å². The number of nitrogens with one attached hydrogen (secondary N) is 1. The number of nitrogens with two attached hydrogens (primary N) is 1. The summed E-state index contributed by atoms with van der Waals surface area (Å²) in [5.74, 6) is 0. The van der Waals surface area contributed by atoms with E-state index in [0.717, 1.165) is 11.1 Å². The van der Waals surface area contributed by atoms with Crippen LogP contribution in [-0.2, 0) is 0 Å². The van der Waals surface area contributed by atoms with E-state index in [2.05, 4.69) is 0 Å². The van der Waals surface area contributed by atoms with E-state index in [1.54, 1.807) is 0 Å². The Bertz CT molecular complexity index is 369. The highest BCUT2D eigenvalue weighted by Gasteiger charge is 2.01. The average Bonchev–Trinajstić information content (AvgIpc) is 2.18. The maximum absolute atomic E-state index is 8.71. The van der Waals surface area contributed by atoms with Gasteiger partial charge in [-0.2, -0.15) is 0 Å². The summed E-state index contributed by atoms with van der Waals surface area (Å²) in [6.45, 7) is 1.72. The number of hydrogen-bond donors (Lipinski definition) is 3. The van der Waals surface area contributed by atoms with Gasteiger partial charge in [-0.15, -0.1) is 0 Å². The van der Waals surface area contributed by atoms with E-state index in [9.17, 15) is 0 Å². The van der Waals surface area contributed by atoms with E-state index in [1.165, 1.54) is 6.08 Å². The molecule has 0 aromatic heterocycles. The molecular formula is C11H14N2O. The smallest absolute Gasteiger partial charge is 0.0826 e. The molecular weight excluding hydrogens is 176 g/mol. The van der Waals surface area contributed by atoms with Crippen molar-refractivity contribution in [3.8, 4) is 0 Å². The monoisotopic (exact) mass is 190 g/mol. The first-order valence-corrected chi connectivity index (χ1v) is 4.36. The lowest BCUT2D eigenvalue weighted by molar-refractivity contribution is 0.330. The molecule has 0 spiro atoms. The highest BCUT2D eigenvalue weighted by atomic mass is 16.3. The molecule has 74 valence electrons. The Morgan fingerprint density at radius 3 is 2.71 bits per heavy atom. The number of benzene rings is 1. The molecule has 3 nitrogen and oxygen atoms in total. The lowest BCUT2D eigenvalue weighted by Gasteiger charge is -2.04. The van der Waals surface area contributed by atoms with Crippen LogP contribution in [0.1, 0.15) is 11.1 Å². The van der Waals surface area contributed by atoms with Gasteiger partial charge < -0.3 is 16.2 Å². The van der Waals surface area contributed by atoms with Gasteiger partial charge in [0.1, 0.15) is 0 Å². The average molecular weight is 190 g/mol. The van der Waals surface area contributed by atoms with Crippen LogP contribution in [0.2, 0.25) is 0 Å². The van der Waals surface area contributed by atoms with Crippen molar-refractivity contribution >= 4 is 5.71 Å². The first kappa shape index (κ1) is 10.5. The van der Waals surface area contributed by atoms with Crippen LogP contribution in [0.15, 0.2) is 36.0 Å². The minimum Gasteiger partial charge on any atom is -0.400 e. The van der Waals surface area contributed by atoms with Crippen molar-refractivity contribution in [1.82, 2.24) is 0 Å². The van der Waals surface area contributed by atoms with Crippen molar-refractivity contribution < 1.29 is 5.11 Å². The third-order valence-corrected chi connectivity index (χ3v) is 1.95.